The molecule has 0 fully saturated rings. The number of pyridine rings is 1. The lowest BCUT2D eigenvalue weighted by Crippen LogP contribution is -2.43. The van der Waals surface area contributed by atoms with Gasteiger partial charge in [0.25, 0.3) is 11.5 Å². The number of rotatable bonds is 7. The fourth-order valence-corrected chi connectivity index (χ4v) is 3.62. The summed E-state index contributed by atoms with van der Waals surface area (Å²) in [7, 11) is 0.930. The van der Waals surface area contributed by atoms with E-state index in [1.165, 1.54) is 19.1 Å². The van der Waals surface area contributed by atoms with Crippen LogP contribution in [0.3, 0.4) is 0 Å². The van der Waals surface area contributed by atoms with E-state index < -0.39 is 72.6 Å². The number of aromatic nitrogens is 1. The Morgan fingerprint density at radius 3 is 2.25 bits per heavy atom. The Morgan fingerprint density at radius 1 is 1.02 bits per heavy atom. The summed E-state index contributed by atoms with van der Waals surface area (Å²) in [5, 5.41) is 7.13. The number of nitrogens with zero attached hydrogens (tertiary/aromatic N) is 2. The van der Waals surface area contributed by atoms with Crippen molar-refractivity contribution in [2.24, 2.45) is 5.16 Å². The van der Waals surface area contributed by atoms with E-state index in [2.05, 4.69) is 20.2 Å². The highest BCUT2D eigenvalue weighted by atomic mass is 19.4. The molecule has 17 heteroatoms. The predicted molar refractivity (Wildman–Crippen MR) is 118 cm³/mol. The second kappa shape index (κ2) is 10.8. The first-order valence-corrected chi connectivity index (χ1v) is 11.0. The van der Waals surface area contributed by atoms with E-state index in [9.17, 15) is 49.1 Å². The number of ether oxygens (including phenoxy) is 1. The van der Waals surface area contributed by atoms with Gasteiger partial charge in [-0.15, -0.1) is 0 Å². The fraction of sp³-hybridized carbons (Fsp3) is 0.391. The summed E-state index contributed by atoms with van der Waals surface area (Å²) in [4.78, 5) is 32.1. The zero-order valence-corrected chi connectivity index (χ0v) is 20.4. The van der Waals surface area contributed by atoms with Crippen LogP contribution in [-0.4, -0.2) is 55.1 Å². The van der Waals surface area contributed by atoms with E-state index in [0.29, 0.717) is 6.07 Å². The molecule has 1 aromatic carbocycles. The van der Waals surface area contributed by atoms with Crippen LogP contribution in [0.1, 0.15) is 39.2 Å². The number of hydrogen-bond donors (Lipinski definition) is 2. The van der Waals surface area contributed by atoms with E-state index in [-0.39, 0.29) is 28.5 Å². The number of nitrogens with one attached hydrogen (secondary N) is 2. The minimum atomic E-state index is -5.28. The van der Waals surface area contributed by atoms with Crippen LogP contribution >= 0.6 is 0 Å². The molecule has 1 aliphatic rings. The third-order valence-corrected chi connectivity index (χ3v) is 5.64. The first-order valence-electron chi connectivity index (χ1n) is 11.0. The van der Waals surface area contributed by atoms with Gasteiger partial charge in [-0.25, -0.2) is 4.98 Å². The molecule has 0 saturated heterocycles. The SMILES string of the molecule is COc1cc(C(F)(F)F)cc([C@@]2(C(F)(F)F)CC(c3ccc(C(=O)NCC(=O)NCC(F)(F)F)c(C)c3)=NO2)n1. The maximum absolute atomic E-state index is 14.3. The topological polar surface area (TPSA) is 102 Å². The van der Waals surface area contributed by atoms with Crippen LogP contribution in [0.25, 0.3) is 0 Å². The first-order chi connectivity index (χ1) is 18.4. The standard InChI is InChI=1S/C23H19F9N4O4/c1-11-5-12(3-4-14(11)19(38)33-9-17(37)34-10-21(24,25)26)15-8-20(40-36-15,23(30,31)32)16-6-13(22(27,28)29)7-18(35-16)39-2/h3-7H,8-10H2,1-2H3,(H,33,38)(H,34,37)/t20-/m1/s1. The van der Waals surface area contributed by atoms with Gasteiger partial charge >= 0.3 is 18.5 Å². The van der Waals surface area contributed by atoms with Crippen LogP contribution < -0.4 is 15.4 Å². The summed E-state index contributed by atoms with van der Waals surface area (Å²) in [6.45, 7) is -0.991. The molecular formula is C23H19F9N4O4. The molecular weight excluding hydrogens is 567 g/mol. The van der Waals surface area contributed by atoms with Gasteiger partial charge < -0.3 is 20.2 Å². The Bertz CT molecular complexity index is 1320. The van der Waals surface area contributed by atoms with E-state index in [1.807, 2.05) is 0 Å². The number of benzene rings is 1. The second-order valence-electron chi connectivity index (χ2n) is 8.52. The van der Waals surface area contributed by atoms with Crippen LogP contribution in [0.4, 0.5) is 39.5 Å². The lowest BCUT2D eigenvalue weighted by molar-refractivity contribution is -0.277. The third-order valence-electron chi connectivity index (χ3n) is 5.64. The normalized spacial score (nSPS) is 17.6. The fourth-order valence-electron chi connectivity index (χ4n) is 3.62. The number of oxime groups is 1. The van der Waals surface area contributed by atoms with Gasteiger partial charge in [0.2, 0.25) is 11.8 Å². The first kappa shape index (κ1) is 30.5. The van der Waals surface area contributed by atoms with Gasteiger partial charge in [-0.2, -0.15) is 39.5 Å². The van der Waals surface area contributed by atoms with Crippen molar-refractivity contribution in [1.29, 1.82) is 0 Å². The third kappa shape index (κ3) is 6.74. The van der Waals surface area contributed by atoms with E-state index in [0.717, 1.165) is 13.2 Å². The molecule has 0 aliphatic carbocycles. The Balaban J connectivity index is 1.83. The Morgan fingerprint density at radius 2 is 1.70 bits per heavy atom. The number of carbonyl (C=O) groups excluding carboxylic acids is 2. The highest BCUT2D eigenvalue weighted by Gasteiger charge is 2.64. The number of hydrogen-bond acceptors (Lipinski definition) is 6. The number of carbonyl (C=O) groups is 2. The largest absolute Gasteiger partial charge is 0.481 e. The van der Waals surface area contributed by atoms with E-state index in [4.69, 9.17) is 4.84 Å². The molecule has 2 heterocycles. The Hall–Kier alpha value is -4.05. The minimum absolute atomic E-state index is 0.0297. The molecule has 40 heavy (non-hydrogen) atoms. The van der Waals surface area contributed by atoms with Crippen LogP contribution in [0.5, 0.6) is 5.88 Å². The number of alkyl halides is 9. The van der Waals surface area contributed by atoms with Gasteiger partial charge in [-0.05, 0) is 36.2 Å². The van der Waals surface area contributed by atoms with Gasteiger partial charge in [0.1, 0.15) is 12.2 Å². The smallest absolute Gasteiger partial charge is 0.437 e. The predicted octanol–water partition coefficient (Wildman–Crippen LogP) is 4.41. The highest BCUT2D eigenvalue weighted by Crippen LogP contribution is 2.49. The average molecular weight is 586 g/mol. The van der Waals surface area contributed by atoms with Crippen molar-refractivity contribution in [3.8, 4) is 5.88 Å². The molecule has 1 aromatic heterocycles. The number of methoxy groups -OCH3 is 1. The molecule has 0 radical (unpaired) electrons. The van der Waals surface area contributed by atoms with Crippen molar-refractivity contribution in [3.05, 3.63) is 58.3 Å². The molecule has 218 valence electrons. The van der Waals surface area contributed by atoms with Gasteiger partial charge in [0, 0.05) is 11.6 Å². The maximum atomic E-state index is 14.3. The highest BCUT2D eigenvalue weighted by molar-refractivity contribution is 6.04. The van der Waals surface area contributed by atoms with Crippen molar-refractivity contribution < 1.29 is 58.7 Å². The second-order valence-corrected chi connectivity index (χ2v) is 8.52. The molecule has 0 bridgehead atoms. The van der Waals surface area contributed by atoms with Gasteiger partial charge in [0.15, 0.2) is 0 Å². The number of amides is 2. The van der Waals surface area contributed by atoms with Crippen LogP contribution in [0, 0.1) is 6.92 Å². The van der Waals surface area contributed by atoms with Crippen molar-refractivity contribution in [3.63, 3.8) is 0 Å². The van der Waals surface area contributed by atoms with Gasteiger partial charge in [-0.3, -0.25) is 9.59 Å². The van der Waals surface area contributed by atoms with Crippen molar-refractivity contribution in [2.75, 3.05) is 20.2 Å². The monoisotopic (exact) mass is 586 g/mol. The molecule has 2 amide bonds. The summed E-state index contributed by atoms with van der Waals surface area (Å²) in [6.07, 6.45) is -16.0. The maximum Gasteiger partial charge on any atom is 0.437 e. The minimum Gasteiger partial charge on any atom is -0.481 e. The summed E-state index contributed by atoms with van der Waals surface area (Å²) < 4.78 is 124. The van der Waals surface area contributed by atoms with Crippen molar-refractivity contribution in [1.82, 2.24) is 15.6 Å². The summed E-state index contributed by atoms with van der Waals surface area (Å²) >= 11 is 0. The number of aryl methyl sites for hydroxylation is 1. The van der Waals surface area contributed by atoms with E-state index in [1.54, 1.807) is 5.32 Å². The summed E-state index contributed by atoms with van der Waals surface area (Å²) in [5.41, 5.74) is -6.14. The lowest BCUT2D eigenvalue weighted by atomic mass is 9.88. The van der Waals surface area contributed by atoms with Crippen molar-refractivity contribution in [2.45, 2.75) is 37.5 Å². The molecule has 8 nitrogen and oxygen atoms in total. The molecule has 3 rings (SSSR count). The lowest BCUT2D eigenvalue weighted by Gasteiger charge is -2.29. The molecule has 2 aromatic rings. The molecule has 0 saturated carbocycles. The van der Waals surface area contributed by atoms with Crippen LogP contribution in [0.15, 0.2) is 35.5 Å². The Kier molecular flexibility index (Phi) is 8.27. The van der Waals surface area contributed by atoms with Crippen molar-refractivity contribution >= 4 is 17.5 Å². The molecule has 2 N–H and O–H groups in total. The molecule has 1 atom stereocenters. The zero-order chi connectivity index (χ0) is 30.1. The zero-order valence-electron chi connectivity index (χ0n) is 20.4. The molecule has 1 aliphatic heterocycles. The van der Waals surface area contributed by atoms with Gasteiger partial charge in [0.05, 0.1) is 31.4 Å². The summed E-state index contributed by atoms with van der Waals surface area (Å²) in [6, 6.07) is 4.21. The van der Waals surface area contributed by atoms with Gasteiger partial charge in [-0.1, -0.05) is 11.2 Å². The van der Waals surface area contributed by atoms with Crippen LogP contribution in [0.2, 0.25) is 0 Å². The van der Waals surface area contributed by atoms with Crippen LogP contribution in [-0.2, 0) is 21.4 Å². The number of halogens is 9. The summed E-state index contributed by atoms with van der Waals surface area (Å²) in [5.74, 6) is -2.70. The van der Waals surface area contributed by atoms with E-state index >= 15 is 0 Å². The Labute approximate surface area is 219 Å². The average Bonchev–Trinajstić information content (AvgIpc) is 3.32. The molecule has 0 unspecified atom stereocenters. The quantitative estimate of drug-likeness (QED) is 0.469. The molecule has 0 spiro atoms.